The minimum absolute atomic E-state index is 0.189. The predicted molar refractivity (Wildman–Crippen MR) is 60.0 cm³/mol. The van der Waals surface area contributed by atoms with Crippen molar-refractivity contribution in [2.75, 3.05) is 0 Å². The molecular weight excluding hydrogens is 228 g/mol. The molecule has 16 heavy (non-hydrogen) atoms. The van der Waals surface area contributed by atoms with Gasteiger partial charge in [0, 0.05) is 13.2 Å². The van der Waals surface area contributed by atoms with Gasteiger partial charge in [0.25, 0.3) is 5.89 Å². The highest BCUT2D eigenvalue weighted by Crippen LogP contribution is 2.24. The van der Waals surface area contributed by atoms with Crippen LogP contribution in [0, 0.1) is 0 Å². The van der Waals surface area contributed by atoms with Gasteiger partial charge in [0.2, 0.25) is 0 Å². The summed E-state index contributed by atoms with van der Waals surface area (Å²) in [4.78, 5) is 4.23. The SMILES string of the molecule is CCCC(Cl)c1noc(-c2ccn(C)n2)n1. The molecule has 5 nitrogen and oxygen atoms in total. The van der Waals surface area contributed by atoms with Crippen molar-refractivity contribution in [3.8, 4) is 11.6 Å². The summed E-state index contributed by atoms with van der Waals surface area (Å²) in [6.45, 7) is 2.06. The van der Waals surface area contributed by atoms with Crippen LogP contribution >= 0.6 is 11.6 Å². The van der Waals surface area contributed by atoms with Crippen LogP contribution in [-0.4, -0.2) is 19.9 Å². The molecule has 2 rings (SSSR count). The monoisotopic (exact) mass is 240 g/mol. The van der Waals surface area contributed by atoms with Crippen molar-refractivity contribution in [2.24, 2.45) is 7.05 Å². The zero-order chi connectivity index (χ0) is 11.5. The highest BCUT2D eigenvalue weighted by Gasteiger charge is 2.16. The Morgan fingerprint density at radius 1 is 1.56 bits per heavy atom. The Hall–Kier alpha value is -1.36. The van der Waals surface area contributed by atoms with Gasteiger partial charge in [0.1, 0.15) is 0 Å². The maximum Gasteiger partial charge on any atom is 0.278 e. The molecule has 0 saturated heterocycles. The molecule has 6 heteroatoms. The average molecular weight is 241 g/mol. The molecule has 0 N–H and O–H groups in total. The molecule has 0 spiro atoms. The van der Waals surface area contributed by atoms with E-state index in [1.54, 1.807) is 4.68 Å². The van der Waals surface area contributed by atoms with E-state index < -0.39 is 0 Å². The minimum Gasteiger partial charge on any atom is -0.332 e. The summed E-state index contributed by atoms with van der Waals surface area (Å²) in [6, 6.07) is 1.82. The smallest absolute Gasteiger partial charge is 0.278 e. The number of aromatic nitrogens is 4. The Bertz CT molecular complexity index is 465. The molecule has 2 heterocycles. The molecule has 0 aliphatic rings. The van der Waals surface area contributed by atoms with Crippen LogP contribution in [0.15, 0.2) is 16.8 Å². The van der Waals surface area contributed by atoms with E-state index in [-0.39, 0.29) is 5.38 Å². The third kappa shape index (κ3) is 2.24. The first-order valence-corrected chi connectivity index (χ1v) is 5.62. The van der Waals surface area contributed by atoms with Gasteiger partial charge in [0.15, 0.2) is 11.5 Å². The number of hydrogen-bond acceptors (Lipinski definition) is 4. The summed E-state index contributed by atoms with van der Waals surface area (Å²) in [7, 11) is 1.84. The zero-order valence-corrected chi connectivity index (χ0v) is 9.98. The quantitative estimate of drug-likeness (QED) is 0.771. The topological polar surface area (TPSA) is 56.7 Å². The van der Waals surface area contributed by atoms with Gasteiger partial charge in [-0.25, -0.2) is 0 Å². The van der Waals surface area contributed by atoms with E-state index in [1.165, 1.54) is 0 Å². The van der Waals surface area contributed by atoms with E-state index >= 15 is 0 Å². The van der Waals surface area contributed by atoms with Crippen LogP contribution in [0.5, 0.6) is 0 Å². The maximum absolute atomic E-state index is 6.10. The van der Waals surface area contributed by atoms with E-state index in [1.807, 2.05) is 19.3 Å². The van der Waals surface area contributed by atoms with Crippen molar-refractivity contribution >= 4 is 11.6 Å². The molecule has 0 aromatic carbocycles. The average Bonchev–Trinajstić information content (AvgIpc) is 2.85. The normalized spacial score (nSPS) is 12.9. The van der Waals surface area contributed by atoms with E-state index in [4.69, 9.17) is 16.1 Å². The predicted octanol–water partition coefficient (Wildman–Crippen LogP) is 2.55. The van der Waals surface area contributed by atoms with Gasteiger partial charge in [0.05, 0.1) is 5.38 Å². The van der Waals surface area contributed by atoms with Crippen molar-refractivity contribution in [1.82, 2.24) is 19.9 Å². The summed E-state index contributed by atoms with van der Waals surface area (Å²) in [5, 5.41) is 7.84. The molecule has 86 valence electrons. The summed E-state index contributed by atoms with van der Waals surface area (Å²) < 4.78 is 6.79. The second kappa shape index (κ2) is 4.65. The second-order valence-electron chi connectivity index (χ2n) is 3.59. The zero-order valence-electron chi connectivity index (χ0n) is 9.22. The third-order valence-corrected chi connectivity index (χ3v) is 2.61. The standard InChI is InChI=1S/C10H13ClN4O/c1-3-4-7(11)9-12-10(16-14-9)8-5-6-15(2)13-8/h5-7H,3-4H2,1-2H3. The van der Waals surface area contributed by atoms with Gasteiger partial charge in [-0.05, 0) is 12.5 Å². The molecule has 2 aromatic heterocycles. The van der Waals surface area contributed by atoms with Crippen molar-refractivity contribution < 1.29 is 4.52 Å². The fourth-order valence-corrected chi connectivity index (χ4v) is 1.68. The first kappa shape index (κ1) is 11.1. The third-order valence-electron chi connectivity index (χ3n) is 2.20. The molecule has 1 atom stereocenters. The Morgan fingerprint density at radius 3 is 3.00 bits per heavy atom. The van der Waals surface area contributed by atoms with Gasteiger partial charge < -0.3 is 4.52 Å². The van der Waals surface area contributed by atoms with Gasteiger partial charge >= 0.3 is 0 Å². The number of alkyl halides is 1. The van der Waals surface area contributed by atoms with Crippen LogP contribution in [-0.2, 0) is 7.05 Å². The maximum atomic E-state index is 6.10. The van der Waals surface area contributed by atoms with E-state index in [2.05, 4.69) is 22.2 Å². The highest BCUT2D eigenvalue weighted by molar-refractivity contribution is 6.20. The van der Waals surface area contributed by atoms with Crippen molar-refractivity contribution in [1.29, 1.82) is 0 Å². The molecule has 1 unspecified atom stereocenters. The number of rotatable bonds is 4. The molecule has 0 radical (unpaired) electrons. The Balaban J connectivity index is 2.19. The van der Waals surface area contributed by atoms with Crippen molar-refractivity contribution in [3.63, 3.8) is 0 Å². The van der Waals surface area contributed by atoms with Crippen LogP contribution < -0.4 is 0 Å². The molecule has 0 fully saturated rings. The molecule has 0 amide bonds. The lowest BCUT2D eigenvalue weighted by molar-refractivity contribution is 0.419. The van der Waals surface area contributed by atoms with Crippen molar-refractivity contribution in [3.05, 3.63) is 18.1 Å². The summed E-state index contributed by atoms with van der Waals surface area (Å²) in [6.07, 6.45) is 3.65. The van der Waals surface area contributed by atoms with Crippen LogP contribution in [0.1, 0.15) is 31.0 Å². The Kier molecular flexibility index (Phi) is 3.24. The number of nitrogens with zero attached hydrogens (tertiary/aromatic N) is 4. The second-order valence-corrected chi connectivity index (χ2v) is 4.12. The first-order chi connectivity index (χ1) is 7.70. The molecular formula is C10H13ClN4O. The fraction of sp³-hybridized carbons (Fsp3) is 0.500. The molecule has 0 aliphatic carbocycles. The summed E-state index contributed by atoms with van der Waals surface area (Å²) >= 11 is 6.10. The Labute approximate surface area is 98.4 Å². The number of aryl methyl sites for hydroxylation is 1. The number of hydrogen-bond donors (Lipinski definition) is 0. The molecule has 0 aliphatic heterocycles. The van der Waals surface area contributed by atoms with Crippen LogP contribution in [0.3, 0.4) is 0 Å². The van der Waals surface area contributed by atoms with Gasteiger partial charge in [-0.3, -0.25) is 4.68 Å². The lowest BCUT2D eigenvalue weighted by Gasteiger charge is -1.99. The lowest BCUT2D eigenvalue weighted by Crippen LogP contribution is -1.92. The summed E-state index contributed by atoms with van der Waals surface area (Å²) in [5.74, 6) is 0.946. The van der Waals surface area contributed by atoms with E-state index in [9.17, 15) is 0 Å². The highest BCUT2D eigenvalue weighted by atomic mass is 35.5. The largest absolute Gasteiger partial charge is 0.332 e. The summed E-state index contributed by atoms with van der Waals surface area (Å²) in [5.41, 5.74) is 0.668. The lowest BCUT2D eigenvalue weighted by atomic mass is 10.2. The van der Waals surface area contributed by atoms with Gasteiger partial charge in [-0.2, -0.15) is 10.1 Å². The van der Waals surface area contributed by atoms with Crippen LogP contribution in [0.2, 0.25) is 0 Å². The molecule has 0 saturated carbocycles. The van der Waals surface area contributed by atoms with Gasteiger partial charge in [-0.15, -0.1) is 11.6 Å². The Morgan fingerprint density at radius 2 is 2.38 bits per heavy atom. The molecule has 2 aromatic rings. The minimum atomic E-state index is -0.189. The van der Waals surface area contributed by atoms with Crippen molar-refractivity contribution in [2.45, 2.75) is 25.1 Å². The van der Waals surface area contributed by atoms with Crippen LogP contribution in [0.25, 0.3) is 11.6 Å². The molecule has 0 bridgehead atoms. The van der Waals surface area contributed by atoms with Gasteiger partial charge in [-0.1, -0.05) is 18.5 Å². The fourth-order valence-electron chi connectivity index (χ4n) is 1.38. The van der Waals surface area contributed by atoms with E-state index in [0.717, 1.165) is 12.8 Å². The number of halogens is 1. The first-order valence-electron chi connectivity index (χ1n) is 5.18. The van der Waals surface area contributed by atoms with Crippen LogP contribution in [0.4, 0.5) is 0 Å². The van der Waals surface area contributed by atoms with E-state index in [0.29, 0.717) is 17.4 Å².